The van der Waals surface area contributed by atoms with E-state index >= 15 is 0 Å². The van der Waals surface area contributed by atoms with Gasteiger partial charge < -0.3 is 26.2 Å². The highest BCUT2D eigenvalue weighted by Gasteiger charge is 2.69. The first-order chi connectivity index (χ1) is 19.3. The Morgan fingerprint density at radius 2 is 1.73 bits per heavy atom. The number of nitrogens with zero attached hydrogens (tertiary/aromatic N) is 2. The van der Waals surface area contributed by atoms with Crippen molar-refractivity contribution in [1.29, 1.82) is 0 Å². The zero-order chi connectivity index (χ0) is 30.0. The van der Waals surface area contributed by atoms with Gasteiger partial charge in [-0.3, -0.25) is 28.9 Å². The molecule has 11 nitrogen and oxygen atoms in total. The molecule has 3 fully saturated rings. The van der Waals surface area contributed by atoms with Crippen molar-refractivity contribution in [3.63, 3.8) is 0 Å². The number of likely N-dealkylation sites (N-methyl/N-ethyl adjacent to an activating group) is 1. The molecule has 1 amide bonds. The summed E-state index contributed by atoms with van der Waals surface area (Å²) in [5.41, 5.74) is 4.91. The lowest BCUT2D eigenvalue weighted by molar-refractivity contribution is -0.181. The number of carbonyl (C=O) groups is 5. The third kappa shape index (κ3) is 4.49. The Balaban J connectivity index is 1.57. The van der Waals surface area contributed by atoms with Crippen molar-refractivity contribution in [3.05, 3.63) is 22.8 Å². The Labute approximate surface area is 239 Å². The maximum absolute atomic E-state index is 14.0. The fraction of sp³-hybridized carbons (Fsp3) is 0.633. The van der Waals surface area contributed by atoms with Gasteiger partial charge in [-0.05, 0) is 62.9 Å². The smallest absolute Gasteiger partial charge is 0.235 e. The molecule has 2 unspecified atom stereocenters. The summed E-state index contributed by atoms with van der Waals surface area (Å²) >= 11 is 0. The fourth-order valence-electron chi connectivity index (χ4n) is 7.98. The lowest BCUT2D eigenvalue weighted by Gasteiger charge is -2.52. The lowest BCUT2D eigenvalue weighted by atomic mass is 9.52. The normalized spacial score (nSPS) is 32.0. The second kappa shape index (κ2) is 10.6. The van der Waals surface area contributed by atoms with Gasteiger partial charge in [-0.15, -0.1) is 0 Å². The molecule has 0 aliphatic heterocycles. The van der Waals surface area contributed by atoms with E-state index in [2.05, 4.69) is 5.32 Å². The summed E-state index contributed by atoms with van der Waals surface area (Å²) in [4.78, 5) is 70.2. The summed E-state index contributed by atoms with van der Waals surface area (Å²) < 4.78 is 0. The Morgan fingerprint density at radius 1 is 1.07 bits per heavy atom. The number of fused-ring (bicyclic) bond motifs is 3. The van der Waals surface area contributed by atoms with Crippen LogP contribution in [0.4, 0.5) is 5.69 Å². The van der Waals surface area contributed by atoms with Crippen molar-refractivity contribution in [2.24, 2.45) is 29.4 Å². The van der Waals surface area contributed by atoms with E-state index in [1.165, 1.54) is 24.2 Å². The van der Waals surface area contributed by atoms with Gasteiger partial charge in [0.1, 0.15) is 5.75 Å². The minimum absolute atomic E-state index is 0.0155. The number of amides is 1. The van der Waals surface area contributed by atoms with Gasteiger partial charge >= 0.3 is 0 Å². The van der Waals surface area contributed by atoms with Crippen molar-refractivity contribution >= 4 is 34.7 Å². The molecule has 4 aliphatic carbocycles. The van der Waals surface area contributed by atoms with E-state index < -0.39 is 64.4 Å². The molecule has 0 saturated heterocycles. The van der Waals surface area contributed by atoms with E-state index in [9.17, 15) is 34.2 Å². The van der Waals surface area contributed by atoms with Gasteiger partial charge in [0.25, 0.3) is 0 Å². The zero-order valence-electron chi connectivity index (χ0n) is 24.1. The minimum atomic E-state index is -2.72. The Morgan fingerprint density at radius 3 is 2.32 bits per heavy atom. The van der Waals surface area contributed by atoms with Crippen LogP contribution in [-0.4, -0.2) is 90.0 Å². The number of aliphatic hydroxyl groups is 1. The van der Waals surface area contributed by atoms with Crippen LogP contribution in [0.5, 0.6) is 5.75 Å². The van der Waals surface area contributed by atoms with Crippen LogP contribution in [-0.2, 0) is 32.1 Å². The largest absolute Gasteiger partial charge is 0.507 e. The number of benzene rings is 1. The predicted octanol–water partition coefficient (Wildman–Crippen LogP) is 0.355. The van der Waals surface area contributed by atoms with Crippen LogP contribution < -0.4 is 16.0 Å². The van der Waals surface area contributed by atoms with Gasteiger partial charge in [0.15, 0.2) is 34.7 Å². The summed E-state index contributed by atoms with van der Waals surface area (Å²) in [7, 11) is 6.87. The number of phenols is 1. The van der Waals surface area contributed by atoms with E-state index in [1.807, 2.05) is 19.0 Å². The zero-order valence-corrected chi connectivity index (χ0v) is 24.1. The molecule has 6 atom stereocenters. The van der Waals surface area contributed by atoms with Gasteiger partial charge in [0.05, 0.1) is 17.5 Å². The van der Waals surface area contributed by atoms with Crippen LogP contribution in [0.3, 0.4) is 0 Å². The van der Waals surface area contributed by atoms with Gasteiger partial charge in [-0.2, -0.15) is 0 Å². The van der Waals surface area contributed by atoms with Crippen LogP contribution in [0.25, 0.3) is 0 Å². The number of hydrogen-bond donors (Lipinski definition) is 4. The molecule has 0 bridgehead atoms. The monoisotopic (exact) mass is 568 g/mol. The van der Waals surface area contributed by atoms with Gasteiger partial charge in [0, 0.05) is 38.3 Å². The molecule has 0 aromatic heterocycles. The number of anilines is 1. The molecular weight excluding hydrogens is 528 g/mol. The van der Waals surface area contributed by atoms with E-state index in [-0.39, 0.29) is 24.2 Å². The summed E-state index contributed by atoms with van der Waals surface area (Å²) in [6, 6.07) is 0.817. The molecule has 0 heterocycles. The second-order valence-corrected chi connectivity index (χ2v) is 12.7. The molecule has 5 N–H and O–H groups in total. The topological polar surface area (TPSA) is 170 Å². The standard InChI is InChI=1S/C30H40N4O7/c1-33(2)23-15(13-32-16-8-6-5-7-9-16)12-19(35)21-17(23)10-14-11-18-24(34(3)4)26(37)22(29(31)40)28(39)30(18,41)27(38)20(14)25(21)36/h12,14,16,18,20,22,24,32,35,41H,5-11,13H2,1-4H3,(H2,31,40)/t14-,18-,20?,22?,24-,30-/m0/s1. The molecule has 222 valence electrons. The highest BCUT2D eigenvalue weighted by molar-refractivity contribution is 6.32. The first kappa shape index (κ1) is 29.3. The second-order valence-electron chi connectivity index (χ2n) is 12.7. The van der Waals surface area contributed by atoms with Crippen LogP contribution in [0, 0.1) is 23.7 Å². The number of nitrogens with two attached hydrogens (primary N) is 1. The number of nitrogens with one attached hydrogen (secondary N) is 1. The number of ketones is 4. The average Bonchev–Trinajstić information content (AvgIpc) is 2.89. The summed E-state index contributed by atoms with van der Waals surface area (Å²) in [6.45, 7) is 0.503. The van der Waals surface area contributed by atoms with Gasteiger partial charge in [0.2, 0.25) is 5.91 Å². The predicted molar refractivity (Wildman–Crippen MR) is 149 cm³/mol. The van der Waals surface area contributed by atoms with Crippen molar-refractivity contribution in [2.75, 3.05) is 33.1 Å². The van der Waals surface area contributed by atoms with Crippen LogP contribution in [0.15, 0.2) is 6.07 Å². The third-order valence-corrected chi connectivity index (χ3v) is 9.75. The molecule has 5 rings (SSSR count). The molecule has 0 spiro atoms. The Bertz CT molecular complexity index is 1320. The van der Waals surface area contributed by atoms with Gasteiger partial charge in [-0.1, -0.05) is 19.3 Å². The minimum Gasteiger partial charge on any atom is -0.507 e. The molecular formula is C30H40N4O7. The van der Waals surface area contributed by atoms with Crippen molar-refractivity contribution < 1.29 is 34.2 Å². The first-order valence-corrected chi connectivity index (χ1v) is 14.4. The number of carbonyl (C=O) groups excluding carboxylic acids is 5. The van der Waals surface area contributed by atoms with Crippen LogP contribution in [0.2, 0.25) is 0 Å². The number of hydrogen-bond acceptors (Lipinski definition) is 10. The fourth-order valence-corrected chi connectivity index (χ4v) is 7.98. The molecule has 3 saturated carbocycles. The highest BCUT2D eigenvalue weighted by atomic mass is 16.3. The first-order valence-electron chi connectivity index (χ1n) is 14.4. The summed E-state index contributed by atoms with van der Waals surface area (Å²) in [5.74, 6) is -10.3. The molecule has 0 radical (unpaired) electrons. The average molecular weight is 569 g/mol. The van der Waals surface area contributed by atoms with E-state index in [4.69, 9.17) is 5.73 Å². The van der Waals surface area contributed by atoms with Crippen molar-refractivity contribution in [1.82, 2.24) is 10.2 Å². The SMILES string of the molecule is CN(C)c1c(CNC2CCCCC2)cc(O)c2c1C[C@H]1C[C@H]3[C@H](N(C)C)C(=O)C(C(N)=O)C(=O)[C@@]3(O)C(=O)C1C2=O. The number of phenolic OH excluding ortho intramolecular Hbond substituents is 1. The maximum atomic E-state index is 14.0. The van der Waals surface area contributed by atoms with Crippen LogP contribution >= 0.6 is 0 Å². The molecule has 41 heavy (non-hydrogen) atoms. The van der Waals surface area contributed by atoms with Crippen molar-refractivity contribution in [3.8, 4) is 5.75 Å². The molecule has 11 heteroatoms. The molecule has 1 aromatic carbocycles. The highest BCUT2D eigenvalue weighted by Crippen LogP contribution is 2.52. The van der Waals surface area contributed by atoms with E-state index in [0.29, 0.717) is 18.2 Å². The van der Waals surface area contributed by atoms with E-state index in [0.717, 1.165) is 24.1 Å². The molecule has 1 aromatic rings. The lowest BCUT2D eigenvalue weighted by Crippen LogP contribution is -2.74. The molecule has 4 aliphatic rings. The number of aromatic hydroxyl groups is 1. The quantitative estimate of drug-likeness (QED) is 0.351. The number of rotatable bonds is 6. The van der Waals surface area contributed by atoms with Crippen molar-refractivity contribution in [2.45, 2.75) is 69.2 Å². The summed E-state index contributed by atoms with van der Waals surface area (Å²) in [6.07, 6.45) is 6.02. The van der Waals surface area contributed by atoms with Crippen LogP contribution in [0.1, 0.15) is 60.0 Å². The Hall–Kier alpha value is -3.15. The maximum Gasteiger partial charge on any atom is 0.235 e. The van der Waals surface area contributed by atoms with E-state index in [1.54, 1.807) is 20.2 Å². The number of primary amides is 1. The number of Topliss-reactive ketones (excluding diaryl/α,β-unsaturated/α-hetero) is 4. The third-order valence-electron chi connectivity index (χ3n) is 9.75. The van der Waals surface area contributed by atoms with Gasteiger partial charge in [-0.25, -0.2) is 0 Å². The summed E-state index contributed by atoms with van der Waals surface area (Å²) in [5, 5.41) is 26.4. The Kier molecular flexibility index (Phi) is 7.59.